The van der Waals surface area contributed by atoms with Crippen LogP contribution < -0.4 is 14.8 Å². The molecule has 2 atom stereocenters. The molecular formula is C17H23N5O4S. The Hall–Kier alpha value is -2.43. The number of anilines is 1. The fourth-order valence-corrected chi connectivity index (χ4v) is 4.34. The van der Waals surface area contributed by atoms with E-state index < -0.39 is 22.3 Å². The molecule has 1 saturated heterocycles. The Labute approximate surface area is 158 Å². The van der Waals surface area contributed by atoms with Gasteiger partial charge in [-0.2, -0.15) is 22.5 Å². The number of likely N-dealkylation sites (N-methyl/N-ethyl adjacent to an activating group) is 1. The van der Waals surface area contributed by atoms with E-state index >= 15 is 0 Å². The molecule has 10 heteroatoms. The second-order valence-electron chi connectivity index (χ2n) is 6.47. The Morgan fingerprint density at radius 3 is 2.52 bits per heavy atom. The highest BCUT2D eigenvalue weighted by atomic mass is 32.2. The average Bonchev–Trinajstić information content (AvgIpc) is 2.97. The maximum Gasteiger partial charge on any atom is 0.280 e. The van der Waals surface area contributed by atoms with Crippen molar-refractivity contribution >= 4 is 21.8 Å². The molecule has 3 rings (SSSR count). The predicted molar refractivity (Wildman–Crippen MR) is 101 cm³/mol. The van der Waals surface area contributed by atoms with E-state index in [9.17, 15) is 13.2 Å². The summed E-state index contributed by atoms with van der Waals surface area (Å²) in [6, 6.07) is 5.49. The second kappa shape index (κ2) is 7.29. The fraction of sp³-hybridized carbons (Fsp3) is 0.412. The highest BCUT2D eigenvalue weighted by molar-refractivity contribution is 7.87. The number of rotatable bonds is 4. The smallest absolute Gasteiger partial charge is 0.280 e. The van der Waals surface area contributed by atoms with Crippen LogP contribution in [-0.4, -0.2) is 48.6 Å². The topological polar surface area (TPSA) is 106 Å². The van der Waals surface area contributed by atoms with Crippen molar-refractivity contribution in [2.45, 2.75) is 25.4 Å². The summed E-state index contributed by atoms with van der Waals surface area (Å²) >= 11 is 0. The first-order valence-corrected chi connectivity index (χ1v) is 9.85. The SMILES string of the molecule is COc1ccc(NC(=O)C2CC(c3cnn(C)c3C)NS(=O)(=O)N2C)cc1. The van der Waals surface area contributed by atoms with Gasteiger partial charge in [-0.15, -0.1) is 0 Å². The van der Waals surface area contributed by atoms with Gasteiger partial charge in [0.25, 0.3) is 10.2 Å². The first-order chi connectivity index (χ1) is 12.7. The summed E-state index contributed by atoms with van der Waals surface area (Å²) < 4.78 is 35.5. The van der Waals surface area contributed by atoms with E-state index in [1.54, 1.807) is 49.3 Å². The predicted octanol–water partition coefficient (Wildman–Crippen LogP) is 0.955. The Kier molecular flexibility index (Phi) is 5.22. The summed E-state index contributed by atoms with van der Waals surface area (Å²) in [7, 11) is 0.944. The fourth-order valence-electron chi connectivity index (χ4n) is 3.07. The van der Waals surface area contributed by atoms with Crippen LogP contribution in [0.4, 0.5) is 5.69 Å². The zero-order chi connectivity index (χ0) is 19.8. The molecular weight excluding hydrogens is 370 g/mol. The van der Waals surface area contributed by atoms with E-state index in [4.69, 9.17) is 4.74 Å². The third-order valence-corrected chi connectivity index (χ3v) is 6.47. The summed E-state index contributed by atoms with van der Waals surface area (Å²) in [5.74, 6) is 0.279. The molecule has 0 aliphatic carbocycles. The third kappa shape index (κ3) is 3.82. The number of amides is 1. The standard InChI is InChI=1S/C17H23N5O4S/c1-11-14(10-18-21(11)2)15-9-16(22(3)27(24,25)20-15)17(23)19-12-5-7-13(26-4)8-6-12/h5-8,10,15-16,20H,9H2,1-4H3,(H,19,23). The number of nitrogens with zero attached hydrogens (tertiary/aromatic N) is 3. The number of benzene rings is 1. The lowest BCUT2D eigenvalue weighted by Crippen LogP contribution is -2.56. The number of aromatic nitrogens is 2. The minimum absolute atomic E-state index is 0.296. The van der Waals surface area contributed by atoms with Gasteiger partial charge in [-0.05, 0) is 37.6 Å². The molecule has 1 aliphatic rings. The summed E-state index contributed by atoms with van der Waals surface area (Å²) in [6.45, 7) is 1.86. The molecule has 9 nitrogen and oxygen atoms in total. The van der Waals surface area contributed by atoms with Crippen molar-refractivity contribution in [2.24, 2.45) is 7.05 Å². The van der Waals surface area contributed by atoms with Crippen LogP contribution in [0.5, 0.6) is 5.75 Å². The summed E-state index contributed by atoms with van der Waals surface area (Å²) in [5.41, 5.74) is 2.18. The van der Waals surface area contributed by atoms with E-state index in [2.05, 4.69) is 15.1 Å². The molecule has 2 heterocycles. The van der Waals surface area contributed by atoms with Crippen LogP contribution in [0, 0.1) is 6.92 Å². The molecule has 0 bridgehead atoms. The number of hydrogen-bond acceptors (Lipinski definition) is 5. The van der Waals surface area contributed by atoms with Crippen LogP contribution in [0.15, 0.2) is 30.5 Å². The van der Waals surface area contributed by atoms with Gasteiger partial charge in [-0.25, -0.2) is 0 Å². The maximum absolute atomic E-state index is 12.8. The molecule has 1 aromatic heterocycles. The largest absolute Gasteiger partial charge is 0.497 e. The first-order valence-electron chi connectivity index (χ1n) is 8.41. The van der Waals surface area contributed by atoms with Crippen molar-refractivity contribution in [3.63, 3.8) is 0 Å². The lowest BCUT2D eigenvalue weighted by atomic mass is 10.00. The quantitative estimate of drug-likeness (QED) is 0.805. The lowest BCUT2D eigenvalue weighted by Gasteiger charge is -2.36. The van der Waals surface area contributed by atoms with Gasteiger partial charge in [-0.1, -0.05) is 0 Å². The molecule has 1 amide bonds. The van der Waals surface area contributed by atoms with E-state index in [0.29, 0.717) is 17.9 Å². The van der Waals surface area contributed by atoms with E-state index in [0.717, 1.165) is 15.6 Å². The number of carbonyl (C=O) groups is 1. The summed E-state index contributed by atoms with van der Waals surface area (Å²) in [6.07, 6.45) is 1.93. The molecule has 1 fully saturated rings. The maximum atomic E-state index is 12.8. The highest BCUT2D eigenvalue weighted by Gasteiger charge is 2.41. The van der Waals surface area contributed by atoms with Crippen molar-refractivity contribution in [1.82, 2.24) is 18.8 Å². The van der Waals surface area contributed by atoms with Gasteiger partial charge in [0.05, 0.1) is 19.3 Å². The van der Waals surface area contributed by atoms with Crippen LogP contribution in [0.25, 0.3) is 0 Å². The van der Waals surface area contributed by atoms with Gasteiger partial charge in [-0.3, -0.25) is 9.48 Å². The van der Waals surface area contributed by atoms with E-state index in [1.807, 2.05) is 6.92 Å². The van der Waals surface area contributed by atoms with Gasteiger partial charge in [0.15, 0.2) is 0 Å². The summed E-state index contributed by atoms with van der Waals surface area (Å²) in [4.78, 5) is 12.8. The molecule has 0 radical (unpaired) electrons. The number of nitrogens with one attached hydrogen (secondary N) is 2. The van der Waals surface area contributed by atoms with E-state index in [-0.39, 0.29) is 5.91 Å². The molecule has 0 spiro atoms. The van der Waals surface area contributed by atoms with Crippen molar-refractivity contribution in [2.75, 3.05) is 19.5 Å². The Morgan fingerprint density at radius 1 is 1.30 bits per heavy atom. The Balaban J connectivity index is 1.83. The van der Waals surface area contributed by atoms with Crippen LogP contribution in [0.3, 0.4) is 0 Å². The number of aryl methyl sites for hydroxylation is 1. The summed E-state index contributed by atoms with van der Waals surface area (Å²) in [5, 5.41) is 6.94. The number of carbonyl (C=O) groups excluding carboxylic acids is 1. The Morgan fingerprint density at radius 2 is 1.96 bits per heavy atom. The van der Waals surface area contributed by atoms with Crippen molar-refractivity contribution in [1.29, 1.82) is 0 Å². The van der Waals surface area contributed by atoms with Gasteiger partial charge in [0, 0.05) is 31.0 Å². The molecule has 1 aromatic carbocycles. The van der Waals surface area contributed by atoms with E-state index in [1.165, 1.54) is 7.05 Å². The minimum atomic E-state index is -3.80. The molecule has 0 saturated carbocycles. The van der Waals surface area contributed by atoms with Crippen LogP contribution in [-0.2, 0) is 22.1 Å². The molecule has 2 unspecified atom stereocenters. The first kappa shape index (κ1) is 19.3. The number of ether oxygens (including phenoxy) is 1. The van der Waals surface area contributed by atoms with Crippen molar-refractivity contribution < 1.29 is 17.9 Å². The molecule has 2 N–H and O–H groups in total. The van der Waals surface area contributed by atoms with Crippen molar-refractivity contribution in [3.05, 3.63) is 41.7 Å². The highest BCUT2D eigenvalue weighted by Crippen LogP contribution is 2.30. The normalized spacial score (nSPS) is 22.4. The number of methoxy groups -OCH3 is 1. The molecule has 1 aliphatic heterocycles. The van der Waals surface area contributed by atoms with Crippen molar-refractivity contribution in [3.8, 4) is 5.75 Å². The molecule has 27 heavy (non-hydrogen) atoms. The minimum Gasteiger partial charge on any atom is -0.497 e. The molecule has 2 aromatic rings. The lowest BCUT2D eigenvalue weighted by molar-refractivity contribution is -0.120. The second-order valence-corrected chi connectivity index (χ2v) is 8.23. The zero-order valence-electron chi connectivity index (χ0n) is 15.6. The van der Waals surface area contributed by atoms with Gasteiger partial charge >= 0.3 is 0 Å². The van der Waals surface area contributed by atoms with Crippen LogP contribution in [0.2, 0.25) is 0 Å². The monoisotopic (exact) mass is 393 g/mol. The zero-order valence-corrected chi connectivity index (χ0v) is 16.4. The molecule has 146 valence electrons. The average molecular weight is 393 g/mol. The number of hydrogen-bond donors (Lipinski definition) is 2. The van der Waals surface area contributed by atoms with Gasteiger partial charge in [0.2, 0.25) is 5.91 Å². The third-order valence-electron chi connectivity index (χ3n) is 4.88. The van der Waals surface area contributed by atoms with Gasteiger partial charge < -0.3 is 10.1 Å². The van der Waals surface area contributed by atoms with Crippen LogP contribution in [0.1, 0.15) is 23.7 Å². The van der Waals surface area contributed by atoms with Crippen LogP contribution >= 0.6 is 0 Å². The van der Waals surface area contributed by atoms with Gasteiger partial charge in [0.1, 0.15) is 11.8 Å². The Bertz CT molecular complexity index is 939.